The third-order valence-corrected chi connectivity index (χ3v) is 8.35. The molecule has 210 valence electrons. The molecule has 0 radical (unpaired) electrons. The first-order chi connectivity index (χ1) is 19.2. The normalized spacial score (nSPS) is 19.1. The Morgan fingerprint density at radius 2 is 1.88 bits per heavy atom. The lowest BCUT2D eigenvalue weighted by Crippen LogP contribution is -2.49. The van der Waals surface area contributed by atoms with E-state index in [1.54, 1.807) is 37.2 Å². The van der Waals surface area contributed by atoms with Crippen molar-refractivity contribution in [1.82, 2.24) is 29.9 Å². The minimum atomic E-state index is -0.665. The molecular formula is C28H32F2N8OS. The second kappa shape index (κ2) is 11.3. The number of nitrogens with one attached hydrogen (secondary N) is 1. The van der Waals surface area contributed by atoms with Crippen LogP contribution >= 0.6 is 11.3 Å². The van der Waals surface area contributed by atoms with Gasteiger partial charge in [0.15, 0.2) is 11.3 Å². The number of nitrogens with zero attached hydrogens (tertiary/aromatic N) is 7. The Morgan fingerprint density at radius 3 is 2.50 bits per heavy atom. The van der Waals surface area contributed by atoms with Crippen LogP contribution in [-0.4, -0.2) is 90.5 Å². The van der Waals surface area contributed by atoms with Crippen LogP contribution in [0.1, 0.15) is 18.2 Å². The molecule has 1 N–H and O–H groups in total. The number of hydrogen-bond acceptors (Lipinski definition) is 9. The molecule has 5 rings (SSSR count). The van der Waals surface area contributed by atoms with Crippen molar-refractivity contribution in [2.24, 2.45) is 0 Å². The minimum Gasteiger partial charge on any atom is -0.368 e. The van der Waals surface area contributed by atoms with Gasteiger partial charge in [-0.3, -0.25) is 9.69 Å². The monoisotopic (exact) mass is 566 g/mol. The van der Waals surface area contributed by atoms with Gasteiger partial charge < -0.3 is 24.9 Å². The summed E-state index contributed by atoms with van der Waals surface area (Å²) in [6.45, 7) is 5.14. The second-order valence-electron chi connectivity index (χ2n) is 10.1. The van der Waals surface area contributed by atoms with Crippen LogP contribution in [0.2, 0.25) is 0 Å². The van der Waals surface area contributed by atoms with Crippen LogP contribution in [0.3, 0.4) is 0 Å². The molecule has 1 saturated heterocycles. The lowest BCUT2D eigenvalue weighted by Gasteiger charge is -2.39. The third kappa shape index (κ3) is 5.26. The van der Waals surface area contributed by atoms with E-state index in [0.29, 0.717) is 60.4 Å². The number of nitriles is 1. The molecule has 1 amide bonds. The Bertz CT molecular complexity index is 1420. The van der Waals surface area contributed by atoms with E-state index in [1.165, 1.54) is 23.5 Å². The number of benzene rings is 1. The zero-order valence-electron chi connectivity index (χ0n) is 23.0. The maximum atomic E-state index is 15.5. The molecule has 0 saturated carbocycles. The molecular weight excluding hydrogens is 534 g/mol. The fourth-order valence-electron chi connectivity index (χ4n) is 5.04. The average Bonchev–Trinajstić information content (AvgIpc) is 3.55. The van der Waals surface area contributed by atoms with Gasteiger partial charge in [-0.05, 0) is 36.8 Å². The highest BCUT2D eigenvalue weighted by Gasteiger charge is 2.39. The van der Waals surface area contributed by atoms with Gasteiger partial charge in [0.2, 0.25) is 5.91 Å². The van der Waals surface area contributed by atoms with E-state index < -0.39 is 6.17 Å². The molecule has 4 heterocycles. The van der Waals surface area contributed by atoms with E-state index in [4.69, 9.17) is 4.98 Å². The quantitative estimate of drug-likeness (QED) is 0.546. The van der Waals surface area contributed by atoms with Crippen LogP contribution in [0, 0.1) is 17.1 Å². The Labute approximate surface area is 236 Å². The summed E-state index contributed by atoms with van der Waals surface area (Å²) in [5.74, 6) is 0.173. The van der Waals surface area contributed by atoms with E-state index in [2.05, 4.69) is 21.2 Å². The zero-order chi connectivity index (χ0) is 28.6. The third-order valence-electron chi connectivity index (χ3n) is 7.31. The van der Waals surface area contributed by atoms with Crippen molar-refractivity contribution >= 4 is 22.4 Å². The smallest absolute Gasteiger partial charge is 0.236 e. The number of likely N-dealkylation sites (N-methyl/N-ethyl adjacent to an activating group) is 1. The maximum Gasteiger partial charge on any atom is 0.236 e. The number of halogens is 2. The van der Waals surface area contributed by atoms with Crippen molar-refractivity contribution in [1.29, 1.82) is 5.26 Å². The summed E-state index contributed by atoms with van der Waals surface area (Å²) in [5.41, 5.74) is 2.77. The molecule has 1 atom stereocenters. The maximum absolute atomic E-state index is 15.5. The van der Waals surface area contributed by atoms with E-state index >= 15 is 4.39 Å². The van der Waals surface area contributed by atoms with Crippen molar-refractivity contribution in [3.05, 3.63) is 70.3 Å². The molecule has 1 fully saturated rings. The first-order valence-corrected chi connectivity index (χ1v) is 14.0. The number of rotatable bonds is 7. The summed E-state index contributed by atoms with van der Waals surface area (Å²) in [6.07, 6.45) is 3.51. The van der Waals surface area contributed by atoms with Crippen molar-refractivity contribution in [3.8, 4) is 17.3 Å². The van der Waals surface area contributed by atoms with Gasteiger partial charge in [-0.1, -0.05) is 18.3 Å². The lowest BCUT2D eigenvalue weighted by molar-refractivity contribution is -0.130. The molecule has 2 aromatic rings. The van der Waals surface area contributed by atoms with Gasteiger partial charge in [-0.2, -0.15) is 5.26 Å². The predicted molar refractivity (Wildman–Crippen MR) is 151 cm³/mol. The fourth-order valence-corrected chi connectivity index (χ4v) is 5.89. The first-order valence-electron chi connectivity index (χ1n) is 13.1. The molecule has 0 aliphatic carbocycles. The lowest BCUT2D eigenvalue weighted by atomic mass is 10.1. The first kappa shape index (κ1) is 27.6. The number of carbonyl (C=O) groups excluding carboxylic acids is 1. The molecule has 40 heavy (non-hydrogen) atoms. The Kier molecular flexibility index (Phi) is 7.78. The van der Waals surface area contributed by atoms with Crippen LogP contribution in [-0.2, 0) is 4.79 Å². The molecule has 3 aliphatic rings. The van der Waals surface area contributed by atoms with E-state index in [-0.39, 0.29) is 17.6 Å². The van der Waals surface area contributed by atoms with Crippen LogP contribution in [0.15, 0.2) is 59.6 Å². The van der Waals surface area contributed by atoms with Crippen molar-refractivity contribution in [2.75, 3.05) is 58.8 Å². The van der Waals surface area contributed by atoms with E-state index in [9.17, 15) is 14.4 Å². The summed E-state index contributed by atoms with van der Waals surface area (Å²) in [7, 11) is 5.36. The van der Waals surface area contributed by atoms with Crippen molar-refractivity contribution < 1.29 is 13.6 Å². The minimum absolute atomic E-state index is 0.0662. The Hall–Kier alpha value is -3.95. The van der Waals surface area contributed by atoms with Gasteiger partial charge in [-0.25, -0.2) is 13.8 Å². The fraction of sp³-hybridized carbons (Fsp3) is 0.393. The van der Waals surface area contributed by atoms with Gasteiger partial charge in [-0.15, -0.1) is 0 Å². The summed E-state index contributed by atoms with van der Waals surface area (Å²) in [6, 6.07) is 8.11. The molecule has 12 heteroatoms. The van der Waals surface area contributed by atoms with Crippen LogP contribution in [0.5, 0.6) is 0 Å². The van der Waals surface area contributed by atoms with Gasteiger partial charge in [0.1, 0.15) is 34.1 Å². The molecule has 1 aromatic heterocycles. The molecule has 3 aliphatic heterocycles. The average molecular weight is 567 g/mol. The summed E-state index contributed by atoms with van der Waals surface area (Å²) < 4.78 is 29.0. The standard InChI is InChI=1S/C28H32F2N8OS/c1-5-22-27(35(4)28-33-25(23(15-31)40-28)18-6-8-19(29)9-7-18)38-16-20(14-21(30)26(38)32-22)37-12-10-36(11-13-37)17-24(39)34(2)3/h6-9,14,16,26,32H,5,10-13,17H2,1-4H3. The van der Waals surface area contributed by atoms with Gasteiger partial charge in [0.25, 0.3) is 0 Å². The number of piperazine rings is 1. The molecule has 9 nitrogen and oxygen atoms in total. The number of allylic oxidation sites excluding steroid dienone is 2. The van der Waals surface area contributed by atoms with Crippen LogP contribution in [0.4, 0.5) is 13.9 Å². The number of amides is 1. The topological polar surface area (TPSA) is 82.0 Å². The summed E-state index contributed by atoms with van der Waals surface area (Å²) in [4.78, 5) is 26.9. The Balaban J connectivity index is 1.39. The molecule has 0 bridgehead atoms. The molecule has 1 unspecified atom stereocenters. The highest BCUT2D eigenvalue weighted by Crippen LogP contribution is 2.39. The highest BCUT2D eigenvalue weighted by molar-refractivity contribution is 7.16. The number of hydrogen-bond donors (Lipinski definition) is 1. The van der Waals surface area contributed by atoms with Gasteiger partial charge in [0, 0.05) is 59.1 Å². The number of fused-ring (bicyclic) bond motifs is 1. The number of carbonyl (C=O) groups is 1. The van der Waals surface area contributed by atoms with Gasteiger partial charge >= 0.3 is 0 Å². The second-order valence-corrected chi connectivity index (χ2v) is 11.1. The van der Waals surface area contributed by atoms with Crippen molar-refractivity contribution in [3.63, 3.8) is 0 Å². The number of anilines is 1. The van der Waals surface area contributed by atoms with E-state index in [0.717, 1.165) is 17.2 Å². The largest absolute Gasteiger partial charge is 0.368 e. The van der Waals surface area contributed by atoms with E-state index in [1.807, 2.05) is 30.0 Å². The number of aromatic nitrogens is 1. The predicted octanol–water partition coefficient (Wildman–Crippen LogP) is 3.48. The van der Waals surface area contributed by atoms with Crippen LogP contribution in [0.25, 0.3) is 11.3 Å². The van der Waals surface area contributed by atoms with Crippen LogP contribution < -0.4 is 10.2 Å². The van der Waals surface area contributed by atoms with Crippen molar-refractivity contribution in [2.45, 2.75) is 19.5 Å². The molecule has 1 aromatic carbocycles. The zero-order valence-corrected chi connectivity index (χ0v) is 23.8. The molecule has 0 spiro atoms. The number of thiazole rings is 1. The SMILES string of the molecule is CCC1=C(N(C)c2nc(-c3ccc(F)cc3)c(C#N)s2)N2C=C(N3CCN(CC(=O)N(C)C)CC3)C=C(F)C2N1. The Morgan fingerprint density at radius 1 is 1.18 bits per heavy atom. The summed E-state index contributed by atoms with van der Waals surface area (Å²) in [5, 5.41) is 13.7. The summed E-state index contributed by atoms with van der Waals surface area (Å²) >= 11 is 1.24. The van der Waals surface area contributed by atoms with Gasteiger partial charge in [0.05, 0.1) is 17.9 Å². The highest BCUT2D eigenvalue weighted by atomic mass is 32.1.